The smallest absolute Gasteiger partial charge is 0.287 e. The molecular weight excluding hydrogens is 452 g/mol. The summed E-state index contributed by atoms with van der Waals surface area (Å²) in [6, 6.07) is 14.3. The topological polar surface area (TPSA) is 124 Å². The van der Waals surface area contributed by atoms with Gasteiger partial charge in [0.2, 0.25) is 5.88 Å². The Bertz CT molecular complexity index is 1280. The van der Waals surface area contributed by atoms with E-state index in [4.69, 9.17) is 21.1 Å². The number of amides is 2. The summed E-state index contributed by atoms with van der Waals surface area (Å²) in [4.78, 5) is 39.3. The van der Waals surface area contributed by atoms with E-state index < -0.39 is 16.7 Å². The Hall–Kier alpha value is -4.44. The van der Waals surface area contributed by atoms with Crippen molar-refractivity contribution in [2.24, 2.45) is 0 Å². The van der Waals surface area contributed by atoms with E-state index in [0.29, 0.717) is 11.3 Å². The molecule has 0 saturated carbocycles. The van der Waals surface area contributed by atoms with Crippen LogP contribution in [0.1, 0.15) is 5.56 Å². The van der Waals surface area contributed by atoms with Crippen LogP contribution in [0, 0.1) is 10.1 Å². The first kappa shape index (κ1) is 21.8. The average Bonchev–Trinajstić information content (AvgIpc) is 3.09. The van der Waals surface area contributed by atoms with Crippen molar-refractivity contribution >= 4 is 40.9 Å². The van der Waals surface area contributed by atoms with Crippen LogP contribution in [-0.4, -0.2) is 28.8 Å². The number of nitro groups is 1. The van der Waals surface area contributed by atoms with Crippen molar-refractivity contribution in [1.29, 1.82) is 0 Å². The van der Waals surface area contributed by atoms with Crippen molar-refractivity contribution in [2.45, 2.75) is 0 Å². The molecule has 4 rings (SSSR count). The number of hydrazine groups is 1. The fourth-order valence-corrected chi connectivity index (χ4v) is 3.31. The van der Waals surface area contributed by atoms with Gasteiger partial charge in [-0.25, -0.2) is 9.99 Å². The Morgan fingerprint density at radius 3 is 2.55 bits per heavy atom. The maximum Gasteiger partial charge on any atom is 0.287 e. The number of anilines is 1. The number of halogens is 1. The lowest BCUT2D eigenvalue weighted by molar-refractivity contribution is -0.385. The number of carbonyl (C=O) groups excluding carboxylic acids is 2. The van der Waals surface area contributed by atoms with Gasteiger partial charge < -0.3 is 9.47 Å². The average molecular weight is 467 g/mol. The van der Waals surface area contributed by atoms with Crippen LogP contribution < -0.4 is 19.9 Å². The summed E-state index contributed by atoms with van der Waals surface area (Å²) in [6.07, 6.45) is 2.44. The normalized spacial score (nSPS) is 14.4. The number of ether oxygens (including phenoxy) is 2. The number of hydrogen-bond donors (Lipinski definition) is 1. The number of pyridine rings is 1. The second kappa shape index (κ2) is 8.97. The van der Waals surface area contributed by atoms with E-state index in [9.17, 15) is 19.7 Å². The van der Waals surface area contributed by atoms with E-state index in [0.717, 1.165) is 11.2 Å². The van der Waals surface area contributed by atoms with Gasteiger partial charge in [0.1, 0.15) is 11.8 Å². The summed E-state index contributed by atoms with van der Waals surface area (Å²) in [5.74, 6) is -0.683. The largest absolute Gasteiger partial charge is 0.493 e. The van der Waals surface area contributed by atoms with Crippen LogP contribution >= 0.6 is 11.6 Å². The van der Waals surface area contributed by atoms with Crippen LogP contribution in [-0.2, 0) is 9.59 Å². The zero-order valence-corrected chi connectivity index (χ0v) is 17.8. The van der Waals surface area contributed by atoms with Gasteiger partial charge in [-0.2, -0.15) is 0 Å². The zero-order chi connectivity index (χ0) is 23.5. The van der Waals surface area contributed by atoms with E-state index in [1.54, 1.807) is 30.3 Å². The summed E-state index contributed by atoms with van der Waals surface area (Å²) in [7, 11) is 1.39. The quantitative estimate of drug-likeness (QED) is 0.253. The third-order valence-corrected chi connectivity index (χ3v) is 4.89. The minimum atomic E-state index is -0.577. The molecule has 11 heteroatoms. The number of methoxy groups -OCH3 is 1. The number of nitrogens with one attached hydrogen (secondary N) is 1. The standard InChI is InChI=1S/C22H15ClN4O6/c1-32-18-11-13(9-16-21(28)25-26(22(16)29)14-5-3-2-4-6-14)10-17(23)20(18)33-19-8-7-15(12-24-19)27(30)31/h2-12H,1H3,(H,25,28)/b16-9-. The fourth-order valence-electron chi connectivity index (χ4n) is 3.05. The molecule has 0 unspecified atom stereocenters. The minimum Gasteiger partial charge on any atom is -0.493 e. The molecule has 0 spiro atoms. The lowest BCUT2D eigenvalue weighted by Gasteiger charge is -2.14. The molecule has 2 amide bonds. The first-order chi connectivity index (χ1) is 15.9. The van der Waals surface area contributed by atoms with Gasteiger partial charge >= 0.3 is 0 Å². The van der Waals surface area contributed by atoms with Gasteiger partial charge in [-0.1, -0.05) is 29.8 Å². The first-order valence-corrected chi connectivity index (χ1v) is 9.83. The predicted octanol–water partition coefficient (Wildman–Crippen LogP) is 3.91. The Kier molecular flexibility index (Phi) is 5.92. The maximum atomic E-state index is 12.8. The van der Waals surface area contributed by atoms with E-state index in [2.05, 4.69) is 10.4 Å². The second-order valence-corrected chi connectivity index (χ2v) is 7.13. The Labute approximate surface area is 192 Å². The minimum absolute atomic E-state index is 0.0655. The molecule has 0 bridgehead atoms. The molecule has 10 nitrogen and oxygen atoms in total. The summed E-state index contributed by atoms with van der Waals surface area (Å²) in [5.41, 5.74) is 3.20. The van der Waals surface area contributed by atoms with Crippen LogP contribution in [0.5, 0.6) is 17.4 Å². The second-order valence-electron chi connectivity index (χ2n) is 6.72. The number of nitrogens with zero attached hydrogens (tertiary/aromatic N) is 3. The molecule has 1 N–H and O–H groups in total. The zero-order valence-electron chi connectivity index (χ0n) is 17.0. The van der Waals surface area contributed by atoms with Crippen molar-refractivity contribution in [1.82, 2.24) is 10.4 Å². The van der Waals surface area contributed by atoms with Gasteiger partial charge in [0.25, 0.3) is 17.5 Å². The summed E-state index contributed by atoms with van der Waals surface area (Å²) in [5, 5.41) is 12.0. The lowest BCUT2D eigenvalue weighted by atomic mass is 10.1. The van der Waals surface area contributed by atoms with Gasteiger partial charge in [-0.15, -0.1) is 0 Å². The Morgan fingerprint density at radius 1 is 1.15 bits per heavy atom. The number of aromatic nitrogens is 1. The fraction of sp³-hybridized carbons (Fsp3) is 0.0455. The molecule has 1 aromatic heterocycles. The third kappa shape index (κ3) is 4.46. The Morgan fingerprint density at radius 2 is 1.91 bits per heavy atom. The van der Waals surface area contributed by atoms with Crippen LogP contribution in [0.25, 0.3) is 6.08 Å². The summed E-state index contributed by atoms with van der Waals surface area (Å²) in [6.45, 7) is 0. The van der Waals surface area contributed by atoms with Crippen LogP contribution in [0.3, 0.4) is 0 Å². The summed E-state index contributed by atoms with van der Waals surface area (Å²) >= 11 is 6.36. The molecule has 2 heterocycles. The monoisotopic (exact) mass is 466 g/mol. The number of para-hydroxylation sites is 1. The van der Waals surface area contributed by atoms with Crippen molar-refractivity contribution in [2.75, 3.05) is 12.1 Å². The molecular formula is C22H15ClN4O6. The Balaban J connectivity index is 1.62. The highest BCUT2D eigenvalue weighted by molar-refractivity contribution is 6.33. The van der Waals surface area contributed by atoms with Gasteiger partial charge in [-0.05, 0) is 35.9 Å². The molecule has 2 aromatic carbocycles. The number of benzene rings is 2. The number of carbonyl (C=O) groups is 2. The van der Waals surface area contributed by atoms with Crippen molar-refractivity contribution in [3.8, 4) is 17.4 Å². The highest BCUT2D eigenvalue weighted by atomic mass is 35.5. The van der Waals surface area contributed by atoms with E-state index >= 15 is 0 Å². The SMILES string of the molecule is COc1cc(/C=C2/C(=O)NN(c3ccccc3)C2=O)cc(Cl)c1Oc1ccc([N+](=O)[O-])cn1. The predicted molar refractivity (Wildman–Crippen MR) is 119 cm³/mol. The highest BCUT2D eigenvalue weighted by Gasteiger charge is 2.34. The van der Waals surface area contributed by atoms with Gasteiger partial charge in [0.15, 0.2) is 11.5 Å². The molecule has 3 aromatic rings. The van der Waals surface area contributed by atoms with Crippen LogP contribution in [0.2, 0.25) is 5.02 Å². The molecule has 1 aliphatic rings. The van der Waals surface area contributed by atoms with Crippen LogP contribution in [0.4, 0.5) is 11.4 Å². The molecule has 1 fully saturated rings. The number of hydrogen-bond acceptors (Lipinski definition) is 7. The molecule has 1 saturated heterocycles. The molecule has 166 valence electrons. The molecule has 0 radical (unpaired) electrons. The van der Waals surface area contributed by atoms with E-state index in [-0.39, 0.29) is 33.7 Å². The molecule has 0 aliphatic carbocycles. The van der Waals surface area contributed by atoms with Crippen molar-refractivity contribution in [3.05, 3.63) is 87.1 Å². The maximum absolute atomic E-state index is 12.8. The van der Waals surface area contributed by atoms with Crippen LogP contribution in [0.15, 0.2) is 66.4 Å². The molecule has 33 heavy (non-hydrogen) atoms. The lowest BCUT2D eigenvalue weighted by Crippen LogP contribution is -2.35. The van der Waals surface area contributed by atoms with Crippen molar-refractivity contribution in [3.63, 3.8) is 0 Å². The molecule has 1 aliphatic heterocycles. The van der Waals surface area contributed by atoms with Gasteiger partial charge in [-0.3, -0.25) is 25.1 Å². The van der Waals surface area contributed by atoms with Crippen molar-refractivity contribution < 1.29 is 24.0 Å². The van der Waals surface area contributed by atoms with Gasteiger partial charge in [0, 0.05) is 12.1 Å². The first-order valence-electron chi connectivity index (χ1n) is 9.45. The van der Waals surface area contributed by atoms with Gasteiger partial charge in [0.05, 0.1) is 22.7 Å². The van der Waals surface area contributed by atoms with E-state index in [1.807, 2.05) is 0 Å². The van der Waals surface area contributed by atoms with E-state index in [1.165, 1.54) is 37.5 Å². The highest BCUT2D eigenvalue weighted by Crippen LogP contribution is 2.39. The number of rotatable bonds is 6. The summed E-state index contributed by atoms with van der Waals surface area (Å²) < 4.78 is 11.0. The molecule has 0 atom stereocenters. The third-order valence-electron chi connectivity index (χ3n) is 4.61.